The summed E-state index contributed by atoms with van der Waals surface area (Å²) >= 11 is 0. The Morgan fingerprint density at radius 1 is 0.632 bits per heavy atom. The molecule has 0 saturated carbocycles. The minimum absolute atomic E-state index is 0. The molecule has 0 aliphatic rings. The Morgan fingerprint density at radius 2 is 1.28 bits per heavy atom. The molecule has 0 aliphatic carbocycles. The van der Waals surface area contributed by atoms with E-state index in [2.05, 4.69) is 128 Å². The van der Waals surface area contributed by atoms with Crippen LogP contribution in [0.2, 0.25) is 0 Å². The van der Waals surface area contributed by atoms with Gasteiger partial charge in [0.1, 0.15) is 30.0 Å². The SMILES string of the molecule is C[n+]1c(-c2cccn2B(F)F)ccc(-n2c(-c3cc(C(C)(C)C)cc(C(C)(C)C)c3O)nc3c(-c4[c-]c(-c5cc(-c6ccccc6)ccn5)cc(C(C)(C)C)c4)cccc32)c1-c1ccccc1.[Pt]. The molecule has 0 fully saturated rings. The molecule has 1 N–H and O–H groups in total. The predicted molar refractivity (Wildman–Crippen MR) is 271 cm³/mol. The van der Waals surface area contributed by atoms with Gasteiger partial charge in [0.15, 0.2) is 0 Å². The number of imidazole rings is 1. The van der Waals surface area contributed by atoms with Crippen LogP contribution in [-0.2, 0) is 44.4 Å². The van der Waals surface area contributed by atoms with Crippen molar-refractivity contribution < 1.29 is 39.4 Å². The van der Waals surface area contributed by atoms with Crippen molar-refractivity contribution in [1.82, 2.24) is 19.0 Å². The van der Waals surface area contributed by atoms with Crippen molar-refractivity contribution in [2.75, 3.05) is 0 Å². The number of phenolic OH excluding ortho intramolecular Hbond substituents is 1. The predicted octanol–water partition coefficient (Wildman–Crippen LogP) is 14.2. The number of rotatable bonds is 8. The maximum absolute atomic E-state index is 14.5. The number of benzene rings is 5. The van der Waals surface area contributed by atoms with E-state index in [-0.39, 0.29) is 37.6 Å². The van der Waals surface area contributed by atoms with E-state index in [1.54, 1.807) is 12.1 Å². The van der Waals surface area contributed by atoms with Crippen LogP contribution in [0.1, 0.15) is 79.0 Å². The van der Waals surface area contributed by atoms with Gasteiger partial charge in [-0.1, -0.05) is 146 Å². The van der Waals surface area contributed by atoms with E-state index in [0.29, 0.717) is 28.3 Å². The van der Waals surface area contributed by atoms with E-state index in [4.69, 9.17) is 9.97 Å². The van der Waals surface area contributed by atoms with Gasteiger partial charge in [-0.15, -0.1) is 29.3 Å². The van der Waals surface area contributed by atoms with E-state index in [1.807, 2.05) is 90.6 Å². The topological polar surface area (TPSA) is 59.8 Å². The van der Waals surface area contributed by atoms with Crippen LogP contribution in [-0.4, -0.2) is 31.5 Å². The molecule has 0 bridgehead atoms. The molecule has 9 aromatic rings. The van der Waals surface area contributed by atoms with Crippen molar-refractivity contribution in [2.24, 2.45) is 7.05 Å². The number of aromatic nitrogens is 5. The first-order chi connectivity index (χ1) is 31.8. The van der Waals surface area contributed by atoms with Gasteiger partial charge in [-0.25, -0.2) is 4.98 Å². The van der Waals surface area contributed by atoms with Gasteiger partial charge in [0.25, 0.3) is 0 Å². The van der Waals surface area contributed by atoms with Crippen LogP contribution in [0.4, 0.5) is 8.63 Å². The van der Waals surface area contributed by atoms with Crippen LogP contribution in [0.25, 0.3) is 84.3 Å². The Morgan fingerprint density at radius 3 is 1.93 bits per heavy atom. The largest absolute Gasteiger partial charge is 0.677 e. The minimum atomic E-state index is -2.72. The molecule has 9 rings (SSSR count). The fourth-order valence-corrected chi connectivity index (χ4v) is 9.02. The number of aromatic hydroxyl groups is 1. The third-order valence-electron chi connectivity index (χ3n) is 12.8. The second kappa shape index (κ2) is 18.2. The summed E-state index contributed by atoms with van der Waals surface area (Å²) in [5, 5.41) is 12.6. The normalized spacial score (nSPS) is 12.1. The second-order valence-corrected chi connectivity index (χ2v) is 20.6. The second-order valence-electron chi connectivity index (χ2n) is 20.6. The summed E-state index contributed by atoms with van der Waals surface area (Å²) in [5.74, 6) is 0.699. The monoisotopic (exact) mass is 1080 g/mol. The van der Waals surface area contributed by atoms with Crippen molar-refractivity contribution in [3.8, 4) is 79.0 Å². The summed E-state index contributed by atoms with van der Waals surface area (Å²) in [5.41, 5.74) is 13.2. The molecule has 10 heteroatoms. The summed E-state index contributed by atoms with van der Waals surface area (Å²) in [6, 6.07) is 50.3. The zero-order chi connectivity index (χ0) is 47.6. The molecule has 0 atom stereocenters. The average Bonchev–Trinajstić information content (AvgIpc) is 3.94. The maximum atomic E-state index is 14.5. The Kier molecular flexibility index (Phi) is 12.9. The Hall–Kier alpha value is -6.44. The van der Waals surface area contributed by atoms with E-state index in [1.165, 1.54) is 6.20 Å². The smallest absolute Gasteiger partial charge is 0.507 e. The van der Waals surface area contributed by atoms with Crippen LogP contribution in [0.5, 0.6) is 5.75 Å². The van der Waals surface area contributed by atoms with Crippen LogP contribution < -0.4 is 4.57 Å². The number of fused-ring (bicyclic) bond motifs is 1. The van der Waals surface area contributed by atoms with E-state index in [0.717, 1.165) is 77.1 Å². The molecule has 4 aromatic heterocycles. The van der Waals surface area contributed by atoms with Crippen LogP contribution in [0.3, 0.4) is 0 Å². The van der Waals surface area contributed by atoms with Gasteiger partial charge in [-0.05, 0) is 87.7 Å². The first-order valence-electron chi connectivity index (χ1n) is 22.8. The minimum Gasteiger partial charge on any atom is -0.507 e. The zero-order valence-electron chi connectivity index (χ0n) is 40.3. The maximum Gasteiger partial charge on any atom is 0.677 e. The Labute approximate surface area is 413 Å². The average molecular weight is 1080 g/mol. The summed E-state index contributed by atoms with van der Waals surface area (Å²) < 4.78 is 34.1. The van der Waals surface area contributed by atoms with E-state index in [9.17, 15) is 13.7 Å². The van der Waals surface area contributed by atoms with E-state index >= 15 is 0 Å². The first-order valence-corrected chi connectivity index (χ1v) is 22.8. The van der Waals surface area contributed by atoms with E-state index < -0.39 is 12.8 Å². The van der Waals surface area contributed by atoms with Crippen LogP contribution in [0, 0.1) is 6.07 Å². The van der Waals surface area contributed by atoms with Crippen LogP contribution >= 0.6 is 0 Å². The molecule has 0 unspecified atom stereocenters. The fourth-order valence-electron chi connectivity index (χ4n) is 9.02. The molecule has 4 heterocycles. The van der Waals surface area contributed by atoms with Crippen molar-refractivity contribution in [2.45, 2.75) is 78.6 Å². The number of hydrogen-bond acceptors (Lipinski definition) is 3. The van der Waals surface area contributed by atoms with Gasteiger partial charge in [-0.2, -0.15) is 4.57 Å². The van der Waals surface area contributed by atoms with Gasteiger partial charge in [0.2, 0.25) is 11.4 Å². The summed E-state index contributed by atoms with van der Waals surface area (Å²) in [6.45, 7) is 19.5. The van der Waals surface area contributed by atoms with Crippen molar-refractivity contribution >= 4 is 18.4 Å². The number of nitrogens with zero attached hydrogens (tertiary/aromatic N) is 5. The molecule has 6 nitrogen and oxygen atoms in total. The molecule has 0 amide bonds. The van der Waals surface area contributed by atoms with Crippen LogP contribution in [0.15, 0.2) is 152 Å². The standard InChI is InChI=1S/C58H56BF2N5O.Pt/c1-56(2,3)42-32-40(31-41(33-42)47-34-39(28-29-62-47)37-19-13-11-14-20-37)44-23-17-24-50-52(44)63-55(45-35-43(57(4,5)6)36-46(54(45)67)58(7,8)9)66(50)51-27-26-48(49-25-18-30-65(49)59(60)61)64(10)53(51)38-21-15-12-16-22-38;/h11-30,32-36,67H,1-10H3;. The van der Waals surface area contributed by atoms with Gasteiger partial charge in [0.05, 0.1) is 16.6 Å². The molecule has 0 spiro atoms. The van der Waals surface area contributed by atoms with Gasteiger partial charge >= 0.3 is 7.40 Å². The number of pyridine rings is 2. The third kappa shape index (κ3) is 9.01. The van der Waals surface area contributed by atoms with Gasteiger partial charge < -0.3 is 9.58 Å². The zero-order valence-corrected chi connectivity index (χ0v) is 42.5. The number of halogens is 2. The summed E-state index contributed by atoms with van der Waals surface area (Å²) in [6.07, 6.45) is 3.26. The Balaban J connectivity index is 0.00000625. The molecule has 0 saturated heterocycles. The van der Waals surface area contributed by atoms with Crippen molar-refractivity contribution in [3.05, 3.63) is 175 Å². The molecule has 68 heavy (non-hydrogen) atoms. The molecule has 346 valence electrons. The first kappa shape index (κ1) is 48.0. The number of para-hydroxylation sites is 1. The quantitative estimate of drug-likeness (QED) is 0.0937. The third-order valence-corrected chi connectivity index (χ3v) is 12.8. The summed E-state index contributed by atoms with van der Waals surface area (Å²) in [4.78, 5) is 10.5. The Bertz CT molecular complexity index is 3310. The van der Waals surface area contributed by atoms with Crippen molar-refractivity contribution in [1.29, 1.82) is 0 Å². The molecule has 0 radical (unpaired) electrons. The molecular formula is C58H56BF2N5OPt. The molecule has 0 aliphatic heterocycles. The number of hydrogen-bond donors (Lipinski definition) is 1. The summed E-state index contributed by atoms with van der Waals surface area (Å²) in [7, 11) is -0.806. The fraction of sp³-hybridized carbons (Fsp3) is 0.224. The van der Waals surface area contributed by atoms with Crippen molar-refractivity contribution in [3.63, 3.8) is 0 Å². The number of phenols is 1. The van der Waals surface area contributed by atoms with Gasteiger partial charge in [-0.3, -0.25) is 18.2 Å². The van der Waals surface area contributed by atoms with Gasteiger partial charge in [0, 0.05) is 50.1 Å². The molecule has 5 aromatic carbocycles. The molecular weight excluding hydrogens is 1030 g/mol.